The number of hydrogen-bond donors (Lipinski definition) is 1. The summed E-state index contributed by atoms with van der Waals surface area (Å²) < 4.78 is 10.4. The molecule has 0 bridgehead atoms. The maximum Gasteiger partial charge on any atom is 0.161 e. The van der Waals surface area contributed by atoms with Gasteiger partial charge in [0.15, 0.2) is 11.5 Å². The standard InChI is InChI=1S/C14H16O3S/c1-9-6-11(8-18-9)14(15)10-4-5-12(16-2)13(7-10)17-3/h4-8,14-15H,1-3H3. The first kappa shape index (κ1) is 12.9. The summed E-state index contributed by atoms with van der Waals surface area (Å²) in [5.74, 6) is 1.29. The minimum Gasteiger partial charge on any atom is -0.493 e. The van der Waals surface area contributed by atoms with Crippen LogP contribution in [0.5, 0.6) is 11.5 Å². The lowest BCUT2D eigenvalue weighted by Crippen LogP contribution is -1.99. The molecule has 0 radical (unpaired) electrons. The monoisotopic (exact) mass is 264 g/mol. The van der Waals surface area contributed by atoms with Crippen LogP contribution >= 0.6 is 11.3 Å². The summed E-state index contributed by atoms with van der Waals surface area (Å²) in [5.41, 5.74) is 1.70. The lowest BCUT2D eigenvalue weighted by Gasteiger charge is -2.13. The van der Waals surface area contributed by atoms with Crippen LogP contribution in [0.25, 0.3) is 0 Å². The minimum absolute atomic E-state index is 0.626. The second kappa shape index (κ2) is 5.42. The number of benzene rings is 1. The third kappa shape index (κ3) is 2.49. The van der Waals surface area contributed by atoms with Crippen LogP contribution < -0.4 is 9.47 Å². The number of rotatable bonds is 4. The van der Waals surface area contributed by atoms with E-state index in [1.54, 1.807) is 37.7 Å². The molecule has 0 fully saturated rings. The van der Waals surface area contributed by atoms with Gasteiger partial charge in [-0.15, -0.1) is 11.3 Å². The second-order valence-electron chi connectivity index (χ2n) is 4.01. The van der Waals surface area contributed by atoms with E-state index in [2.05, 4.69) is 0 Å². The lowest BCUT2D eigenvalue weighted by atomic mass is 10.0. The third-order valence-electron chi connectivity index (χ3n) is 2.79. The number of aryl methyl sites for hydroxylation is 1. The first-order valence-corrected chi connectivity index (χ1v) is 6.48. The minimum atomic E-state index is -0.630. The van der Waals surface area contributed by atoms with E-state index in [-0.39, 0.29) is 0 Å². The molecule has 0 aliphatic heterocycles. The van der Waals surface area contributed by atoms with Crippen molar-refractivity contribution in [2.45, 2.75) is 13.0 Å². The van der Waals surface area contributed by atoms with Crippen LogP contribution in [0.2, 0.25) is 0 Å². The number of ether oxygens (including phenoxy) is 2. The summed E-state index contributed by atoms with van der Waals surface area (Å²) in [6, 6.07) is 7.44. The van der Waals surface area contributed by atoms with Crippen LogP contribution in [-0.4, -0.2) is 19.3 Å². The van der Waals surface area contributed by atoms with Crippen molar-refractivity contribution in [1.29, 1.82) is 0 Å². The van der Waals surface area contributed by atoms with Crippen molar-refractivity contribution in [3.05, 3.63) is 45.6 Å². The van der Waals surface area contributed by atoms with Gasteiger partial charge < -0.3 is 14.6 Å². The predicted molar refractivity (Wildman–Crippen MR) is 72.7 cm³/mol. The first-order chi connectivity index (χ1) is 8.65. The van der Waals surface area contributed by atoms with E-state index < -0.39 is 6.10 Å². The van der Waals surface area contributed by atoms with E-state index in [4.69, 9.17) is 9.47 Å². The van der Waals surface area contributed by atoms with Crippen LogP contribution in [0.3, 0.4) is 0 Å². The van der Waals surface area contributed by atoms with E-state index >= 15 is 0 Å². The SMILES string of the molecule is COc1ccc(C(O)c2csc(C)c2)cc1OC. The summed E-state index contributed by atoms with van der Waals surface area (Å²) in [6.45, 7) is 2.02. The summed E-state index contributed by atoms with van der Waals surface area (Å²) in [7, 11) is 3.18. The quantitative estimate of drug-likeness (QED) is 0.922. The average Bonchev–Trinajstić information content (AvgIpc) is 2.83. The molecule has 1 atom stereocenters. The maximum absolute atomic E-state index is 10.3. The highest BCUT2D eigenvalue weighted by Gasteiger charge is 2.14. The average molecular weight is 264 g/mol. The molecule has 1 N–H and O–H groups in total. The molecule has 2 aromatic rings. The molecule has 0 spiro atoms. The topological polar surface area (TPSA) is 38.7 Å². The molecule has 96 valence electrons. The van der Waals surface area contributed by atoms with E-state index in [0.29, 0.717) is 11.5 Å². The van der Waals surface area contributed by atoms with E-state index in [1.165, 1.54) is 4.88 Å². The van der Waals surface area contributed by atoms with Crippen molar-refractivity contribution in [3.8, 4) is 11.5 Å². The van der Waals surface area contributed by atoms with Crippen LogP contribution in [0.4, 0.5) is 0 Å². The van der Waals surface area contributed by atoms with Gasteiger partial charge in [-0.25, -0.2) is 0 Å². The van der Waals surface area contributed by atoms with Gasteiger partial charge in [0.2, 0.25) is 0 Å². The Bertz CT molecular complexity index is 534. The molecule has 4 heteroatoms. The molecule has 1 aromatic heterocycles. The number of hydrogen-bond acceptors (Lipinski definition) is 4. The maximum atomic E-state index is 10.3. The highest BCUT2D eigenvalue weighted by Crippen LogP contribution is 2.33. The van der Waals surface area contributed by atoms with Gasteiger partial charge in [-0.2, -0.15) is 0 Å². The van der Waals surface area contributed by atoms with E-state index in [1.807, 2.05) is 24.4 Å². The van der Waals surface area contributed by atoms with Gasteiger partial charge in [0.05, 0.1) is 14.2 Å². The molecule has 2 rings (SSSR count). The zero-order valence-corrected chi connectivity index (χ0v) is 11.5. The Balaban J connectivity index is 2.33. The van der Waals surface area contributed by atoms with Gasteiger partial charge in [-0.1, -0.05) is 6.07 Å². The smallest absolute Gasteiger partial charge is 0.161 e. The zero-order chi connectivity index (χ0) is 13.1. The van der Waals surface area contributed by atoms with Gasteiger partial charge in [0.25, 0.3) is 0 Å². The highest BCUT2D eigenvalue weighted by atomic mass is 32.1. The van der Waals surface area contributed by atoms with Crippen molar-refractivity contribution in [1.82, 2.24) is 0 Å². The molecule has 0 aliphatic rings. The lowest BCUT2D eigenvalue weighted by molar-refractivity contribution is 0.220. The van der Waals surface area contributed by atoms with E-state index in [0.717, 1.165) is 11.1 Å². The van der Waals surface area contributed by atoms with Crippen LogP contribution in [0.15, 0.2) is 29.6 Å². The summed E-state index contributed by atoms with van der Waals surface area (Å²) in [5, 5.41) is 12.3. The van der Waals surface area contributed by atoms with Gasteiger partial charge in [0, 0.05) is 4.88 Å². The molecule has 1 heterocycles. The Morgan fingerprint density at radius 2 is 1.78 bits per heavy atom. The predicted octanol–water partition coefficient (Wildman–Crippen LogP) is 3.16. The van der Waals surface area contributed by atoms with Crippen molar-refractivity contribution in [2.24, 2.45) is 0 Å². The van der Waals surface area contributed by atoms with Crippen LogP contribution in [0, 0.1) is 6.92 Å². The summed E-state index contributed by atoms with van der Waals surface area (Å²) >= 11 is 1.63. The van der Waals surface area contributed by atoms with E-state index in [9.17, 15) is 5.11 Å². The molecule has 18 heavy (non-hydrogen) atoms. The Kier molecular flexibility index (Phi) is 3.89. The number of thiophene rings is 1. The summed E-state index contributed by atoms with van der Waals surface area (Å²) in [4.78, 5) is 1.18. The molecular weight excluding hydrogens is 248 g/mol. The Hall–Kier alpha value is -1.52. The molecular formula is C14H16O3S. The zero-order valence-electron chi connectivity index (χ0n) is 10.6. The molecule has 0 aliphatic carbocycles. The highest BCUT2D eigenvalue weighted by molar-refractivity contribution is 7.10. The molecule has 0 saturated heterocycles. The third-order valence-corrected chi connectivity index (χ3v) is 3.67. The Morgan fingerprint density at radius 1 is 1.06 bits per heavy atom. The fourth-order valence-electron chi connectivity index (χ4n) is 1.82. The second-order valence-corrected chi connectivity index (χ2v) is 5.12. The number of methoxy groups -OCH3 is 2. The summed E-state index contributed by atoms with van der Waals surface area (Å²) in [6.07, 6.45) is -0.630. The molecule has 0 amide bonds. The fourth-order valence-corrected chi connectivity index (χ4v) is 2.55. The van der Waals surface area contributed by atoms with Crippen molar-refractivity contribution < 1.29 is 14.6 Å². The Morgan fingerprint density at radius 3 is 2.33 bits per heavy atom. The van der Waals surface area contributed by atoms with Gasteiger partial charge in [0.1, 0.15) is 6.10 Å². The van der Waals surface area contributed by atoms with Gasteiger partial charge >= 0.3 is 0 Å². The van der Waals surface area contributed by atoms with Crippen molar-refractivity contribution in [3.63, 3.8) is 0 Å². The molecule has 0 saturated carbocycles. The largest absolute Gasteiger partial charge is 0.493 e. The van der Waals surface area contributed by atoms with Crippen LogP contribution in [0.1, 0.15) is 22.1 Å². The van der Waals surface area contributed by atoms with Crippen molar-refractivity contribution >= 4 is 11.3 Å². The van der Waals surface area contributed by atoms with Crippen molar-refractivity contribution in [2.75, 3.05) is 14.2 Å². The van der Waals surface area contributed by atoms with Gasteiger partial charge in [-0.3, -0.25) is 0 Å². The fraction of sp³-hybridized carbons (Fsp3) is 0.286. The number of aliphatic hydroxyl groups is 1. The molecule has 3 nitrogen and oxygen atoms in total. The van der Waals surface area contributed by atoms with Crippen LogP contribution in [-0.2, 0) is 0 Å². The number of aliphatic hydroxyl groups excluding tert-OH is 1. The van der Waals surface area contributed by atoms with Gasteiger partial charge in [-0.05, 0) is 41.6 Å². The normalized spacial score (nSPS) is 12.2. The first-order valence-electron chi connectivity index (χ1n) is 5.60. The Labute approximate surface area is 111 Å². The molecule has 1 aromatic carbocycles. The molecule has 1 unspecified atom stereocenters.